The van der Waals surface area contributed by atoms with Crippen LogP contribution >= 0.6 is 11.3 Å². The van der Waals surface area contributed by atoms with Gasteiger partial charge in [-0.05, 0) is 64.7 Å². The number of nitrogens with zero attached hydrogens (tertiary/aromatic N) is 3. The predicted molar refractivity (Wildman–Crippen MR) is 93.8 cm³/mol. The zero-order valence-corrected chi connectivity index (χ0v) is 14.9. The highest BCUT2D eigenvalue weighted by atomic mass is 32.1. The molecule has 6 heteroatoms. The molecule has 0 aliphatic carbocycles. The van der Waals surface area contributed by atoms with Gasteiger partial charge < -0.3 is 10.2 Å². The molecule has 0 aromatic carbocycles. The third-order valence-electron chi connectivity index (χ3n) is 4.90. The minimum Gasteiger partial charge on any atom is -0.351 e. The number of hydrogen-bond donors (Lipinski definition) is 1. The van der Waals surface area contributed by atoms with Crippen molar-refractivity contribution >= 4 is 17.2 Å². The smallest absolute Gasteiger partial charge is 0.263 e. The maximum Gasteiger partial charge on any atom is 0.263 e. The molecule has 1 N–H and O–H groups in total. The van der Waals surface area contributed by atoms with Crippen molar-refractivity contribution < 1.29 is 4.79 Å². The van der Waals surface area contributed by atoms with Gasteiger partial charge in [0.25, 0.3) is 5.91 Å². The number of rotatable bonds is 6. The van der Waals surface area contributed by atoms with Crippen LogP contribution in [0.5, 0.6) is 0 Å². The summed E-state index contributed by atoms with van der Waals surface area (Å²) in [5, 5.41) is 4.13. The molecule has 2 saturated heterocycles. The topological polar surface area (TPSA) is 48.5 Å². The van der Waals surface area contributed by atoms with E-state index in [9.17, 15) is 4.79 Å². The highest BCUT2D eigenvalue weighted by molar-refractivity contribution is 7.13. The number of carbonyl (C=O) groups excluding carboxylic acids is 1. The number of hydrogen-bond acceptors (Lipinski definition) is 5. The number of amides is 1. The van der Waals surface area contributed by atoms with E-state index in [0.29, 0.717) is 0 Å². The van der Waals surface area contributed by atoms with Crippen molar-refractivity contribution in [2.24, 2.45) is 5.92 Å². The third kappa shape index (κ3) is 4.99. The van der Waals surface area contributed by atoms with Crippen molar-refractivity contribution in [1.82, 2.24) is 20.1 Å². The molecule has 0 bridgehead atoms. The molecule has 1 amide bonds. The van der Waals surface area contributed by atoms with Crippen LogP contribution in [0.15, 0.2) is 6.20 Å². The first kappa shape index (κ1) is 16.9. The van der Waals surface area contributed by atoms with Crippen LogP contribution in [-0.4, -0.2) is 60.5 Å². The van der Waals surface area contributed by atoms with E-state index in [2.05, 4.69) is 27.1 Å². The third-order valence-corrected chi connectivity index (χ3v) is 5.88. The first-order valence-electron chi connectivity index (χ1n) is 8.84. The molecular formula is C17H28N4OS. The summed E-state index contributed by atoms with van der Waals surface area (Å²) in [4.78, 5) is 22.2. The van der Waals surface area contributed by atoms with Crippen LogP contribution in [-0.2, 0) is 6.54 Å². The monoisotopic (exact) mass is 336 g/mol. The number of likely N-dealkylation sites (tertiary alicyclic amines) is 2. The normalized spacial score (nSPS) is 23.3. The Hall–Kier alpha value is -0.980. The molecule has 2 aliphatic rings. The molecule has 1 aromatic heterocycles. The van der Waals surface area contributed by atoms with Gasteiger partial charge in [0.05, 0.1) is 12.7 Å². The lowest BCUT2D eigenvalue weighted by molar-refractivity contribution is 0.0952. The van der Waals surface area contributed by atoms with Gasteiger partial charge in [-0.3, -0.25) is 9.69 Å². The maximum atomic E-state index is 12.2. The van der Waals surface area contributed by atoms with Crippen LogP contribution in [0.4, 0.5) is 0 Å². The Morgan fingerprint density at radius 3 is 2.96 bits per heavy atom. The second kappa shape index (κ2) is 8.22. The van der Waals surface area contributed by atoms with Gasteiger partial charge in [-0.25, -0.2) is 4.98 Å². The van der Waals surface area contributed by atoms with Gasteiger partial charge in [0, 0.05) is 13.1 Å². The minimum atomic E-state index is 0.0411. The predicted octanol–water partition coefficient (Wildman–Crippen LogP) is 2.20. The summed E-state index contributed by atoms with van der Waals surface area (Å²) < 4.78 is 0. The average Bonchev–Trinajstić information content (AvgIpc) is 3.19. The van der Waals surface area contributed by atoms with E-state index in [4.69, 9.17) is 0 Å². The molecule has 0 saturated carbocycles. The Labute approximate surface area is 143 Å². The summed E-state index contributed by atoms with van der Waals surface area (Å²) in [5.74, 6) is 0.764. The van der Waals surface area contributed by atoms with E-state index in [1.165, 1.54) is 32.2 Å². The number of thiazole rings is 1. The SMILES string of the molecule is CN1CCCC(CCNC(=O)c2cnc(CN3CCCC3)s2)C1. The Morgan fingerprint density at radius 1 is 1.35 bits per heavy atom. The Balaban J connectivity index is 1.40. The molecule has 1 aromatic rings. The lowest BCUT2D eigenvalue weighted by atomic mass is 9.95. The van der Waals surface area contributed by atoms with Crippen molar-refractivity contribution in [2.75, 3.05) is 39.8 Å². The summed E-state index contributed by atoms with van der Waals surface area (Å²) in [6.07, 6.45) is 7.96. The summed E-state index contributed by atoms with van der Waals surface area (Å²) >= 11 is 1.54. The molecule has 1 atom stereocenters. The highest BCUT2D eigenvalue weighted by Crippen LogP contribution is 2.19. The fourth-order valence-electron chi connectivity index (χ4n) is 3.61. The van der Waals surface area contributed by atoms with Crippen LogP contribution in [0.1, 0.15) is 46.8 Å². The lowest BCUT2D eigenvalue weighted by Crippen LogP contribution is -2.34. The number of nitrogens with one attached hydrogen (secondary N) is 1. The average molecular weight is 337 g/mol. The quantitative estimate of drug-likeness (QED) is 0.865. The van der Waals surface area contributed by atoms with E-state index < -0.39 is 0 Å². The van der Waals surface area contributed by atoms with E-state index in [1.54, 1.807) is 17.5 Å². The highest BCUT2D eigenvalue weighted by Gasteiger charge is 2.18. The fraction of sp³-hybridized carbons (Fsp3) is 0.765. The van der Waals surface area contributed by atoms with E-state index >= 15 is 0 Å². The lowest BCUT2D eigenvalue weighted by Gasteiger charge is -2.29. The largest absolute Gasteiger partial charge is 0.351 e. The van der Waals surface area contributed by atoms with E-state index in [-0.39, 0.29) is 5.91 Å². The van der Waals surface area contributed by atoms with Gasteiger partial charge in [0.1, 0.15) is 9.88 Å². The van der Waals surface area contributed by atoms with Crippen molar-refractivity contribution in [2.45, 2.75) is 38.6 Å². The minimum absolute atomic E-state index is 0.0411. The van der Waals surface area contributed by atoms with Gasteiger partial charge in [0.15, 0.2) is 0 Å². The van der Waals surface area contributed by atoms with Gasteiger partial charge in [0.2, 0.25) is 0 Å². The van der Waals surface area contributed by atoms with Gasteiger partial charge >= 0.3 is 0 Å². The van der Waals surface area contributed by atoms with Gasteiger partial charge in [-0.2, -0.15) is 0 Å². The molecule has 2 aliphatic heterocycles. The van der Waals surface area contributed by atoms with Crippen LogP contribution in [0, 0.1) is 5.92 Å². The van der Waals surface area contributed by atoms with E-state index in [0.717, 1.165) is 54.9 Å². The maximum absolute atomic E-state index is 12.2. The van der Waals surface area contributed by atoms with Crippen molar-refractivity contribution in [3.63, 3.8) is 0 Å². The summed E-state index contributed by atoms with van der Waals surface area (Å²) in [7, 11) is 2.18. The molecule has 3 heterocycles. The Kier molecular flexibility index (Phi) is 6.02. The first-order valence-corrected chi connectivity index (χ1v) is 9.66. The second-order valence-corrected chi connectivity index (χ2v) is 8.03. The molecule has 23 heavy (non-hydrogen) atoms. The van der Waals surface area contributed by atoms with Gasteiger partial charge in [-0.1, -0.05) is 0 Å². The summed E-state index contributed by atoms with van der Waals surface area (Å²) in [6.45, 7) is 6.37. The number of piperidine rings is 1. The number of aromatic nitrogens is 1. The molecule has 0 radical (unpaired) electrons. The molecular weight excluding hydrogens is 308 g/mol. The standard InChI is InChI=1S/C17H28N4OS/c1-20-8-4-5-14(12-20)6-7-18-17(22)15-11-19-16(23-15)13-21-9-2-3-10-21/h11,14H,2-10,12-13H2,1H3,(H,18,22). The first-order chi connectivity index (χ1) is 11.2. The summed E-state index contributed by atoms with van der Waals surface area (Å²) in [5.41, 5.74) is 0. The van der Waals surface area contributed by atoms with Crippen molar-refractivity contribution in [3.8, 4) is 0 Å². The molecule has 1 unspecified atom stereocenters. The van der Waals surface area contributed by atoms with Crippen LogP contribution in [0.2, 0.25) is 0 Å². The van der Waals surface area contributed by atoms with Crippen LogP contribution < -0.4 is 5.32 Å². The van der Waals surface area contributed by atoms with Crippen molar-refractivity contribution in [1.29, 1.82) is 0 Å². The molecule has 2 fully saturated rings. The van der Waals surface area contributed by atoms with E-state index in [1.807, 2.05) is 0 Å². The van der Waals surface area contributed by atoms with Crippen molar-refractivity contribution in [3.05, 3.63) is 16.1 Å². The van der Waals surface area contributed by atoms with Crippen LogP contribution in [0.3, 0.4) is 0 Å². The zero-order valence-electron chi connectivity index (χ0n) is 14.1. The molecule has 128 valence electrons. The summed E-state index contributed by atoms with van der Waals surface area (Å²) in [6, 6.07) is 0. The van der Waals surface area contributed by atoms with Gasteiger partial charge in [-0.15, -0.1) is 11.3 Å². The molecule has 5 nitrogen and oxygen atoms in total. The van der Waals surface area contributed by atoms with Crippen LogP contribution in [0.25, 0.3) is 0 Å². The fourth-order valence-corrected chi connectivity index (χ4v) is 4.48. The Morgan fingerprint density at radius 2 is 2.17 bits per heavy atom. The Bertz CT molecular complexity index is 512. The molecule has 3 rings (SSSR count). The molecule has 0 spiro atoms. The number of carbonyl (C=O) groups is 1. The second-order valence-electron chi connectivity index (χ2n) is 6.92. The zero-order chi connectivity index (χ0) is 16.1.